The van der Waals surface area contributed by atoms with Gasteiger partial charge in [-0.05, 0) is 54.7 Å². The predicted molar refractivity (Wildman–Crippen MR) is 98.5 cm³/mol. The molecule has 0 saturated heterocycles. The van der Waals surface area contributed by atoms with Gasteiger partial charge in [0.15, 0.2) is 5.82 Å². The highest BCUT2D eigenvalue weighted by Crippen LogP contribution is 2.37. The van der Waals surface area contributed by atoms with Crippen molar-refractivity contribution in [3.8, 4) is 5.75 Å². The Morgan fingerprint density at radius 1 is 1.04 bits per heavy atom. The standard InChI is InChI=1S/C22H17F2NO/c1-26-19-9-3-6-13-5-2-7-15(20(13)19)21-16-11-14(23)12-17(24)22(16)25-10-4-8-18(21)25/h3-4,6,8-12H,2,5,7H2,1H3/b21-15-. The summed E-state index contributed by atoms with van der Waals surface area (Å²) < 4.78 is 36.1. The molecule has 0 bridgehead atoms. The molecule has 0 radical (unpaired) electrons. The highest BCUT2D eigenvalue weighted by Gasteiger charge is 2.22. The molecule has 4 heteroatoms. The van der Waals surface area contributed by atoms with Crippen LogP contribution in [0.15, 0.2) is 48.7 Å². The lowest BCUT2D eigenvalue weighted by atomic mass is 9.85. The fourth-order valence-corrected chi connectivity index (χ4v) is 4.36. The molecular weight excluding hydrogens is 332 g/mol. The summed E-state index contributed by atoms with van der Waals surface area (Å²) in [6.07, 6.45) is 4.67. The molecular formula is C22H17F2NO. The van der Waals surface area contributed by atoms with Crippen LogP contribution in [0.3, 0.4) is 0 Å². The number of halogens is 2. The van der Waals surface area contributed by atoms with Gasteiger partial charge in [0.25, 0.3) is 0 Å². The smallest absolute Gasteiger partial charge is 0.150 e. The fraction of sp³-hybridized carbons (Fsp3) is 0.182. The van der Waals surface area contributed by atoms with Gasteiger partial charge >= 0.3 is 0 Å². The second kappa shape index (κ2) is 5.56. The molecule has 2 heterocycles. The van der Waals surface area contributed by atoms with Gasteiger partial charge in [-0.25, -0.2) is 8.78 Å². The zero-order valence-electron chi connectivity index (χ0n) is 14.4. The van der Waals surface area contributed by atoms with Gasteiger partial charge in [0, 0.05) is 28.4 Å². The molecule has 0 aliphatic heterocycles. The summed E-state index contributed by atoms with van der Waals surface area (Å²) in [5, 5.41) is 1.53. The van der Waals surface area contributed by atoms with Gasteiger partial charge in [0.1, 0.15) is 11.6 Å². The van der Waals surface area contributed by atoms with E-state index >= 15 is 0 Å². The zero-order valence-corrected chi connectivity index (χ0v) is 14.4. The van der Waals surface area contributed by atoms with E-state index in [1.165, 1.54) is 11.6 Å². The summed E-state index contributed by atoms with van der Waals surface area (Å²) in [5.41, 5.74) is 4.73. The van der Waals surface area contributed by atoms with E-state index in [2.05, 4.69) is 6.07 Å². The lowest BCUT2D eigenvalue weighted by molar-refractivity contribution is 0.412. The molecule has 0 spiro atoms. The molecule has 4 aromatic rings. The van der Waals surface area contributed by atoms with Crippen molar-refractivity contribution in [1.29, 1.82) is 0 Å². The SMILES string of the molecule is COc1cccc2c1/C(=c1/c3cc(F)cc(F)c3n3cccc13)CCC2. The summed E-state index contributed by atoms with van der Waals surface area (Å²) >= 11 is 0. The topological polar surface area (TPSA) is 13.6 Å². The Kier molecular flexibility index (Phi) is 3.29. The fourth-order valence-electron chi connectivity index (χ4n) is 4.36. The average molecular weight is 349 g/mol. The molecule has 0 unspecified atom stereocenters. The van der Waals surface area contributed by atoms with Gasteiger partial charge in [0.2, 0.25) is 0 Å². The minimum atomic E-state index is -0.554. The molecule has 26 heavy (non-hydrogen) atoms. The number of rotatable bonds is 1. The van der Waals surface area contributed by atoms with E-state index < -0.39 is 11.6 Å². The zero-order chi connectivity index (χ0) is 17.8. The van der Waals surface area contributed by atoms with Crippen LogP contribution < -0.4 is 9.96 Å². The summed E-state index contributed by atoms with van der Waals surface area (Å²) in [7, 11) is 1.66. The van der Waals surface area contributed by atoms with Gasteiger partial charge in [0.05, 0.1) is 18.1 Å². The van der Waals surface area contributed by atoms with Crippen LogP contribution in [0.1, 0.15) is 24.0 Å². The Morgan fingerprint density at radius 3 is 2.77 bits per heavy atom. The molecule has 2 aromatic heterocycles. The maximum Gasteiger partial charge on any atom is 0.150 e. The van der Waals surface area contributed by atoms with Gasteiger partial charge in [-0.15, -0.1) is 0 Å². The van der Waals surface area contributed by atoms with Crippen LogP contribution in [0, 0.1) is 11.6 Å². The molecule has 0 amide bonds. The molecule has 2 aromatic carbocycles. The maximum absolute atomic E-state index is 14.6. The number of fused-ring (bicyclic) bond motifs is 4. The summed E-state index contributed by atoms with van der Waals surface area (Å²) in [6, 6.07) is 12.3. The Bertz CT molecular complexity index is 1210. The third-order valence-electron chi connectivity index (χ3n) is 5.35. The molecule has 0 saturated carbocycles. The summed E-state index contributed by atoms with van der Waals surface area (Å²) in [6.45, 7) is 0. The van der Waals surface area contributed by atoms with E-state index in [1.54, 1.807) is 7.11 Å². The second-order valence-corrected chi connectivity index (χ2v) is 6.75. The minimum Gasteiger partial charge on any atom is -0.496 e. The number of methoxy groups -OCH3 is 1. The maximum atomic E-state index is 14.6. The highest BCUT2D eigenvalue weighted by atomic mass is 19.1. The normalized spacial score (nSPS) is 16.3. The van der Waals surface area contributed by atoms with E-state index in [0.717, 1.165) is 53.0 Å². The van der Waals surface area contributed by atoms with Crippen LogP contribution in [-0.2, 0) is 6.42 Å². The molecule has 5 rings (SSSR count). The van der Waals surface area contributed by atoms with Crippen molar-refractivity contribution in [3.63, 3.8) is 0 Å². The number of aryl methyl sites for hydroxylation is 1. The summed E-state index contributed by atoms with van der Waals surface area (Å²) in [5.74, 6) is -0.279. The number of aromatic nitrogens is 1. The highest BCUT2D eigenvalue weighted by molar-refractivity contribution is 5.94. The first-order valence-electron chi connectivity index (χ1n) is 8.76. The van der Waals surface area contributed by atoms with E-state index in [0.29, 0.717) is 10.9 Å². The van der Waals surface area contributed by atoms with Crippen molar-refractivity contribution in [1.82, 2.24) is 4.40 Å². The monoisotopic (exact) mass is 349 g/mol. The first-order valence-corrected chi connectivity index (χ1v) is 8.76. The van der Waals surface area contributed by atoms with Crippen molar-refractivity contribution in [3.05, 3.63) is 76.6 Å². The molecule has 0 fully saturated rings. The van der Waals surface area contributed by atoms with Gasteiger partial charge < -0.3 is 9.14 Å². The Hall–Kier alpha value is -2.88. The van der Waals surface area contributed by atoms with Crippen molar-refractivity contribution in [2.24, 2.45) is 0 Å². The lowest BCUT2D eigenvalue weighted by Crippen LogP contribution is -2.14. The van der Waals surface area contributed by atoms with E-state index in [-0.39, 0.29) is 0 Å². The number of nitrogens with zero attached hydrogens (tertiary/aromatic N) is 1. The van der Waals surface area contributed by atoms with Crippen LogP contribution in [0.5, 0.6) is 5.75 Å². The van der Waals surface area contributed by atoms with E-state index in [9.17, 15) is 8.78 Å². The average Bonchev–Trinajstić information content (AvgIpc) is 3.20. The Labute approximate surface area is 149 Å². The number of ether oxygens (including phenoxy) is 1. The van der Waals surface area contributed by atoms with Gasteiger partial charge in [-0.3, -0.25) is 0 Å². The van der Waals surface area contributed by atoms with E-state index in [1.807, 2.05) is 34.9 Å². The van der Waals surface area contributed by atoms with E-state index in [4.69, 9.17) is 4.74 Å². The molecule has 0 N–H and O–H groups in total. The van der Waals surface area contributed by atoms with Crippen molar-refractivity contribution >= 4 is 22.0 Å². The number of hydrogen-bond acceptors (Lipinski definition) is 1. The second-order valence-electron chi connectivity index (χ2n) is 6.75. The van der Waals surface area contributed by atoms with Crippen LogP contribution in [-0.4, -0.2) is 11.5 Å². The van der Waals surface area contributed by atoms with Gasteiger partial charge in [-0.2, -0.15) is 0 Å². The Morgan fingerprint density at radius 2 is 1.92 bits per heavy atom. The first kappa shape index (κ1) is 15.4. The molecule has 0 atom stereocenters. The van der Waals surface area contributed by atoms with Crippen LogP contribution in [0.2, 0.25) is 0 Å². The third-order valence-corrected chi connectivity index (χ3v) is 5.35. The van der Waals surface area contributed by atoms with Crippen LogP contribution in [0.25, 0.3) is 22.0 Å². The predicted octanol–water partition coefficient (Wildman–Crippen LogP) is 4.63. The molecule has 130 valence electrons. The van der Waals surface area contributed by atoms with Crippen molar-refractivity contribution < 1.29 is 13.5 Å². The van der Waals surface area contributed by atoms with Gasteiger partial charge in [-0.1, -0.05) is 12.1 Å². The molecule has 2 nitrogen and oxygen atoms in total. The number of hydrogen-bond donors (Lipinski definition) is 0. The van der Waals surface area contributed by atoms with Crippen LogP contribution in [0.4, 0.5) is 8.78 Å². The lowest BCUT2D eigenvalue weighted by Gasteiger charge is -2.21. The first-order chi connectivity index (χ1) is 12.7. The van der Waals surface area contributed by atoms with Crippen molar-refractivity contribution in [2.75, 3.05) is 7.11 Å². The molecule has 1 aliphatic carbocycles. The van der Waals surface area contributed by atoms with Crippen molar-refractivity contribution in [2.45, 2.75) is 19.3 Å². The van der Waals surface area contributed by atoms with Crippen LogP contribution >= 0.6 is 0 Å². The number of benzene rings is 2. The molecule has 1 aliphatic rings. The quantitative estimate of drug-likeness (QED) is 0.488. The summed E-state index contributed by atoms with van der Waals surface area (Å²) in [4.78, 5) is 0. The Balaban J connectivity index is 2.05. The largest absolute Gasteiger partial charge is 0.496 e. The minimum absolute atomic E-state index is 0.427. The third kappa shape index (κ3) is 2.02.